The van der Waals surface area contributed by atoms with Crippen molar-refractivity contribution in [2.24, 2.45) is 0 Å². The van der Waals surface area contributed by atoms with Gasteiger partial charge < -0.3 is 9.64 Å². The highest BCUT2D eigenvalue weighted by atomic mass is 16.6. The predicted octanol–water partition coefficient (Wildman–Crippen LogP) is 0.191. The number of carbonyl (C=O) groups excluding carboxylic acids is 4. The van der Waals surface area contributed by atoms with Gasteiger partial charge in [-0.3, -0.25) is 30.5 Å². The average Bonchev–Trinajstić information content (AvgIpc) is 3.19. The Kier molecular flexibility index (Phi) is 5.37. The first-order chi connectivity index (χ1) is 13.1. The minimum absolute atomic E-state index is 0.274. The number of likely N-dealkylation sites (tertiary alicyclic amines) is 1. The van der Waals surface area contributed by atoms with Crippen molar-refractivity contribution in [1.29, 1.82) is 0 Å². The molecule has 0 aliphatic carbocycles. The van der Waals surface area contributed by atoms with Gasteiger partial charge in [0.05, 0.1) is 6.04 Å². The molecule has 0 spiro atoms. The van der Waals surface area contributed by atoms with Gasteiger partial charge in [0.25, 0.3) is 11.8 Å². The van der Waals surface area contributed by atoms with Crippen molar-refractivity contribution < 1.29 is 29.1 Å². The number of carbonyl (C=O) groups is 4. The Morgan fingerprint density at radius 2 is 1.71 bits per heavy atom. The van der Waals surface area contributed by atoms with Crippen LogP contribution in [0.1, 0.15) is 46.5 Å². The van der Waals surface area contributed by atoms with E-state index in [-0.39, 0.29) is 12.6 Å². The van der Waals surface area contributed by atoms with Crippen molar-refractivity contribution in [3.63, 3.8) is 0 Å². The molecule has 5 amide bonds. The highest BCUT2D eigenvalue weighted by Gasteiger charge is 2.47. The van der Waals surface area contributed by atoms with Gasteiger partial charge in [-0.15, -0.1) is 0 Å². The highest BCUT2D eigenvalue weighted by molar-refractivity contribution is 5.91. The molecule has 0 aromatic carbocycles. The van der Waals surface area contributed by atoms with Crippen molar-refractivity contribution >= 4 is 23.9 Å². The Morgan fingerprint density at radius 1 is 1.07 bits per heavy atom. The zero-order valence-electron chi connectivity index (χ0n) is 16.3. The predicted molar refractivity (Wildman–Crippen MR) is 94.8 cm³/mol. The molecule has 3 N–H and O–H groups in total. The second-order valence-electron chi connectivity index (χ2n) is 8.34. The first-order valence-electron chi connectivity index (χ1n) is 9.46. The standard InChI is InChI=1S/C17H27N5O6/c1-17(2,3)28-16(26)20-8-4-5-11(20)13(23)18-19-14(24)12-7-6-10-9-21(12)15(25)22(10)27/h10-12,27H,4-9H2,1-3H3,(H,18,23)(H,19,24). The topological polar surface area (TPSA) is 132 Å². The molecule has 11 nitrogen and oxygen atoms in total. The maximum absolute atomic E-state index is 12.5. The van der Waals surface area contributed by atoms with Crippen LogP contribution in [0, 0.1) is 0 Å². The lowest BCUT2D eigenvalue weighted by molar-refractivity contribution is -0.133. The number of urea groups is 1. The highest BCUT2D eigenvalue weighted by Crippen LogP contribution is 2.28. The third kappa shape index (κ3) is 3.98. The van der Waals surface area contributed by atoms with Gasteiger partial charge in [-0.25, -0.2) is 14.7 Å². The van der Waals surface area contributed by atoms with Gasteiger partial charge in [-0.2, -0.15) is 0 Å². The van der Waals surface area contributed by atoms with Crippen LogP contribution in [0.4, 0.5) is 9.59 Å². The van der Waals surface area contributed by atoms with Crippen molar-refractivity contribution in [3.8, 4) is 0 Å². The summed E-state index contributed by atoms with van der Waals surface area (Å²) in [5.74, 6) is -1.04. The van der Waals surface area contributed by atoms with Crippen LogP contribution >= 0.6 is 0 Å². The number of hydrogen-bond donors (Lipinski definition) is 3. The van der Waals surface area contributed by atoms with Gasteiger partial charge >= 0.3 is 12.1 Å². The number of piperidine rings is 1. The second kappa shape index (κ2) is 7.46. The van der Waals surface area contributed by atoms with E-state index < -0.39 is 41.6 Å². The Bertz CT molecular complexity index is 677. The number of amides is 5. The zero-order valence-corrected chi connectivity index (χ0v) is 16.3. The molecule has 3 heterocycles. The Hall–Kier alpha value is -2.56. The van der Waals surface area contributed by atoms with Crippen LogP contribution in [0.5, 0.6) is 0 Å². The number of hydroxylamine groups is 2. The van der Waals surface area contributed by atoms with Crippen molar-refractivity contribution in [3.05, 3.63) is 0 Å². The van der Waals surface area contributed by atoms with E-state index in [4.69, 9.17) is 4.74 Å². The van der Waals surface area contributed by atoms with E-state index in [0.717, 1.165) is 0 Å². The summed E-state index contributed by atoms with van der Waals surface area (Å²) in [6, 6.07) is -2.40. The van der Waals surface area contributed by atoms with Crippen LogP contribution in [0.3, 0.4) is 0 Å². The lowest BCUT2D eigenvalue weighted by Gasteiger charge is -2.30. The van der Waals surface area contributed by atoms with E-state index in [1.165, 1.54) is 9.80 Å². The molecule has 0 radical (unpaired) electrons. The number of fused-ring (bicyclic) bond motifs is 2. The third-order valence-corrected chi connectivity index (χ3v) is 5.14. The first-order valence-corrected chi connectivity index (χ1v) is 9.46. The quantitative estimate of drug-likeness (QED) is 0.450. The largest absolute Gasteiger partial charge is 0.444 e. The molecular weight excluding hydrogens is 370 g/mol. The minimum atomic E-state index is -0.758. The average molecular weight is 397 g/mol. The normalized spacial score (nSPS) is 27.1. The molecule has 0 saturated carbocycles. The molecule has 28 heavy (non-hydrogen) atoms. The maximum atomic E-state index is 12.5. The number of nitrogens with one attached hydrogen (secondary N) is 2. The van der Waals surface area contributed by atoms with E-state index in [9.17, 15) is 24.4 Å². The van der Waals surface area contributed by atoms with Gasteiger partial charge in [0, 0.05) is 13.1 Å². The fraction of sp³-hybridized carbons (Fsp3) is 0.765. The monoisotopic (exact) mass is 397 g/mol. The summed E-state index contributed by atoms with van der Waals surface area (Å²) in [5.41, 5.74) is 4.03. The fourth-order valence-corrected chi connectivity index (χ4v) is 3.79. The van der Waals surface area contributed by atoms with Crippen LogP contribution < -0.4 is 10.9 Å². The summed E-state index contributed by atoms with van der Waals surface area (Å²) in [6.45, 7) is 5.92. The Labute approximate surface area is 162 Å². The van der Waals surface area contributed by atoms with Gasteiger partial charge in [0.2, 0.25) is 0 Å². The summed E-state index contributed by atoms with van der Waals surface area (Å²) in [6.07, 6.45) is 1.45. The van der Waals surface area contributed by atoms with E-state index >= 15 is 0 Å². The number of ether oxygens (including phenoxy) is 1. The molecule has 3 unspecified atom stereocenters. The third-order valence-electron chi connectivity index (χ3n) is 5.14. The van der Waals surface area contributed by atoms with Crippen LogP contribution in [0.25, 0.3) is 0 Å². The molecule has 3 aliphatic rings. The number of hydrogen-bond acceptors (Lipinski definition) is 6. The molecule has 2 bridgehead atoms. The summed E-state index contributed by atoms with van der Waals surface area (Å²) >= 11 is 0. The Morgan fingerprint density at radius 3 is 2.36 bits per heavy atom. The SMILES string of the molecule is CC(C)(C)OC(=O)N1CCCC1C(=O)NNC(=O)C1CCC2CN1C(=O)N2O. The van der Waals surface area contributed by atoms with Gasteiger partial charge in [0.1, 0.15) is 17.7 Å². The summed E-state index contributed by atoms with van der Waals surface area (Å²) in [4.78, 5) is 51.8. The van der Waals surface area contributed by atoms with E-state index in [0.29, 0.717) is 37.3 Å². The molecule has 0 aromatic heterocycles. The van der Waals surface area contributed by atoms with Crippen LogP contribution in [-0.2, 0) is 14.3 Å². The summed E-state index contributed by atoms with van der Waals surface area (Å²) in [5, 5.41) is 10.3. The van der Waals surface area contributed by atoms with Gasteiger partial charge in [-0.1, -0.05) is 0 Å². The lowest BCUT2D eigenvalue weighted by Crippen LogP contribution is -2.57. The first kappa shape index (κ1) is 20.2. The van der Waals surface area contributed by atoms with E-state index in [1.807, 2.05) is 0 Å². The number of hydrazine groups is 1. The fourth-order valence-electron chi connectivity index (χ4n) is 3.79. The van der Waals surface area contributed by atoms with Crippen molar-refractivity contribution in [1.82, 2.24) is 25.7 Å². The molecule has 3 atom stereocenters. The number of nitrogens with zero attached hydrogens (tertiary/aromatic N) is 3. The van der Waals surface area contributed by atoms with Crippen LogP contribution in [0.2, 0.25) is 0 Å². The van der Waals surface area contributed by atoms with E-state index in [2.05, 4.69) is 10.9 Å². The van der Waals surface area contributed by atoms with Crippen LogP contribution in [-0.4, -0.2) is 80.8 Å². The molecule has 156 valence electrons. The summed E-state index contributed by atoms with van der Waals surface area (Å²) in [7, 11) is 0. The van der Waals surface area contributed by atoms with Gasteiger partial charge in [-0.05, 0) is 46.5 Å². The van der Waals surface area contributed by atoms with E-state index in [1.54, 1.807) is 20.8 Å². The molecule has 3 rings (SSSR count). The van der Waals surface area contributed by atoms with Crippen LogP contribution in [0.15, 0.2) is 0 Å². The minimum Gasteiger partial charge on any atom is -0.444 e. The molecule has 3 saturated heterocycles. The summed E-state index contributed by atoms with van der Waals surface area (Å²) < 4.78 is 5.33. The van der Waals surface area contributed by atoms with Crippen molar-refractivity contribution in [2.75, 3.05) is 13.1 Å². The zero-order chi connectivity index (χ0) is 20.6. The van der Waals surface area contributed by atoms with Crippen molar-refractivity contribution in [2.45, 2.75) is 70.2 Å². The molecular formula is C17H27N5O6. The number of rotatable bonds is 2. The smallest absolute Gasteiger partial charge is 0.410 e. The molecule has 0 aromatic rings. The second-order valence-corrected chi connectivity index (χ2v) is 8.34. The molecule has 3 fully saturated rings. The molecule has 3 aliphatic heterocycles. The maximum Gasteiger partial charge on any atom is 0.410 e. The lowest BCUT2D eigenvalue weighted by atomic mass is 10.0. The van der Waals surface area contributed by atoms with Gasteiger partial charge in [0.15, 0.2) is 0 Å². The Balaban J connectivity index is 1.54. The molecule has 11 heteroatoms.